The summed E-state index contributed by atoms with van der Waals surface area (Å²) in [5.41, 5.74) is 1.65. The van der Waals surface area contributed by atoms with E-state index < -0.39 is 34.1 Å². The molecule has 2 N–H and O–H groups in total. The van der Waals surface area contributed by atoms with Crippen LogP contribution < -0.4 is 5.32 Å². The fourth-order valence-corrected chi connectivity index (χ4v) is 9.90. The largest absolute Gasteiger partial charge is 0.390 e. The van der Waals surface area contributed by atoms with Crippen LogP contribution >= 0.6 is 45.9 Å². The molecule has 3 amide bonds. The Bertz CT molecular complexity index is 1600. The van der Waals surface area contributed by atoms with Gasteiger partial charge in [-0.2, -0.15) is 4.31 Å². The fraction of sp³-hybridized carbons (Fsp3) is 0.516. The number of aromatic nitrogens is 1. The van der Waals surface area contributed by atoms with E-state index >= 15 is 0 Å². The number of sulfonamides is 1. The van der Waals surface area contributed by atoms with Crippen molar-refractivity contribution in [2.45, 2.75) is 70.7 Å². The number of hydrogen-bond donors (Lipinski definition) is 2. The van der Waals surface area contributed by atoms with Crippen LogP contribution in [0.2, 0.25) is 8.67 Å². The average molecular weight is 731 g/mol. The number of nitrogens with zero attached hydrogens (tertiary/aromatic N) is 4. The van der Waals surface area contributed by atoms with E-state index in [0.717, 1.165) is 27.6 Å². The maximum atomic E-state index is 14.0. The van der Waals surface area contributed by atoms with Crippen LogP contribution in [0, 0.1) is 18.8 Å². The van der Waals surface area contributed by atoms with Gasteiger partial charge in [0.25, 0.3) is 0 Å². The number of carbonyl (C=O) groups is 2. The number of nitrogens with one attached hydrogen (secondary N) is 1. The van der Waals surface area contributed by atoms with Gasteiger partial charge in [0, 0.05) is 31.6 Å². The minimum absolute atomic E-state index is 0.0383. The average Bonchev–Trinajstić information content (AvgIpc) is 3.66. The van der Waals surface area contributed by atoms with E-state index in [2.05, 4.69) is 10.3 Å². The highest BCUT2D eigenvalue weighted by Crippen LogP contribution is 2.36. The summed E-state index contributed by atoms with van der Waals surface area (Å²) in [7, 11) is -4.12. The molecule has 0 saturated carbocycles. The van der Waals surface area contributed by atoms with Gasteiger partial charge in [0.15, 0.2) is 0 Å². The number of thiophene rings is 1. The molecular formula is C31H41Cl2N5O5S3. The van der Waals surface area contributed by atoms with Gasteiger partial charge in [-0.05, 0) is 36.8 Å². The lowest BCUT2D eigenvalue weighted by Gasteiger charge is -2.34. The maximum absolute atomic E-state index is 14.0. The van der Waals surface area contributed by atoms with Crippen LogP contribution in [0.25, 0.3) is 0 Å². The molecule has 2 aromatic heterocycles. The Morgan fingerprint density at radius 1 is 1.13 bits per heavy atom. The normalized spacial score (nSPS) is 16.1. The minimum Gasteiger partial charge on any atom is -0.390 e. The van der Waals surface area contributed by atoms with Crippen LogP contribution in [-0.4, -0.2) is 88.9 Å². The fourth-order valence-electron chi connectivity index (χ4n) is 5.56. The second-order valence-corrected chi connectivity index (χ2v) is 17.5. The van der Waals surface area contributed by atoms with E-state index in [4.69, 9.17) is 23.2 Å². The van der Waals surface area contributed by atoms with Crippen molar-refractivity contribution in [2.75, 3.05) is 26.2 Å². The Balaban J connectivity index is 1.57. The topological polar surface area (TPSA) is 123 Å². The van der Waals surface area contributed by atoms with Crippen molar-refractivity contribution in [3.8, 4) is 0 Å². The van der Waals surface area contributed by atoms with Crippen molar-refractivity contribution in [1.29, 1.82) is 0 Å². The molecule has 46 heavy (non-hydrogen) atoms. The monoisotopic (exact) mass is 729 g/mol. The van der Waals surface area contributed by atoms with Crippen LogP contribution in [0.1, 0.15) is 44.0 Å². The molecular weight excluding hydrogens is 689 g/mol. The molecule has 0 radical (unpaired) electrons. The molecule has 3 aromatic rings. The number of halogens is 2. The maximum Gasteiger partial charge on any atom is 0.321 e. The lowest BCUT2D eigenvalue weighted by molar-refractivity contribution is -0.128. The predicted molar refractivity (Wildman–Crippen MR) is 184 cm³/mol. The molecule has 1 aliphatic rings. The van der Waals surface area contributed by atoms with Gasteiger partial charge in [-0.3, -0.25) is 4.79 Å². The summed E-state index contributed by atoms with van der Waals surface area (Å²) in [6.07, 6.45) is -1.06. The van der Waals surface area contributed by atoms with Gasteiger partial charge >= 0.3 is 6.03 Å². The van der Waals surface area contributed by atoms with Crippen molar-refractivity contribution in [2.24, 2.45) is 11.8 Å². The first-order valence-electron chi connectivity index (χ1n) is 15.1. The summed E-state index contributed by atoms with van der Waals surface area (Å²) in [5, 5.41) is 17.5. The van der Waals surface area contributed by atoms with Crippen LogP contribution in [0.5, 0.6) is 0 Å². The molecule has 1 unspecified atom stereocenters. The summed E-state index contributed by atoms with van der Waals surface area (Å²) < 4.78 is 29.0. The Labute approximate surface area is 289 Å². The second kappa shape index (κ2) is 15.8. The Kier molecular flexibility index (Phi) is 12.5. The summed E-state index contributed by atoms with van der Waals surface area (Å²) >= 11 is 14.8. The minimum atomic E-state index is -4.12. The molecule has 3 atom stereocenters. The third-order valence-corrected chi connectivity index (χ3v) is 12.1. The van der Waals surface area contributed by atoms with Crippen molar-refractivity contribution >= 4 is 67.8 Å². The van der Waals surface area contributed by atoms with Gasteiger partial charge in [0.2, 0.25) is 15.9 Å². The lowest BCUT2D eigenvalue weighted by Crippen LogP contribution is -2.57. The molecule has 1 fully saturated rings. The van der Waals surface area contributed by atoms with Crippen LogP contribution in [0.3, 0.4) is 0 Å². The molecule has 1 aromatic carbocycles. The van der Waals surface area contributed by atoms with Crippen molar-refractivity contribution < 1.29 is 23.1 Å². The molecule has 0 spiro atoms. The SMILES string of the molecule is Cc1nc(CN2CCN(C(C(=O)N[C@@H](Cc3ccccc3)[C@H](O)CN(CC(C)C)S(=O)(=O)c3cc(Cl)sc3Cl)C(C)C)C2=O)cs1. The number of benzene rings is 1. The third kappa shape index (κ3) is 9.00. The van der Waals surface area contributed by atoms with E-state index in [1.54, 1.807) is 9.80 Å². The van der Waals surface area contributed by atoms with Gasteiger partial charge in [-0.25, -0.2) is 18.2 Å². The summed E-state index contributed by atoms with van der Waals surface area (Å²) in [5.74, 6) is -0.719. The van der Waals surface area contributed by atoms with Gasteiger partial charge in [-0.15, -0.1) is 22.7 Å². The number of aliphatic hydroxyl groups excluding tert-OH is 1. The zero-order valence-corrected chi connectivity index (χ0v) is 30.5. The molecule has 1 saturated heterocycles. The highest BCUT2D eigenvalue weighted by atomic mass is 35.5. The first-order valence-corrected chi connectivity index (χ1v) is 19.0. The summed E-state index contributed by atoms with van der Waals surface area (Å²) in [4.78, 5) is 35.1. The summed E-state index contributed by atoms with van der Waals surface area (Å²) in [6, 6.07) is 8.73. The Hall–Kier alpha value is -2.26. The smallest absolute Gasteiger partial charge is 0.321 e. The van der Waals surface area contributed by atoms with E-state index in [9.17, 15) is 23.1 Å². The van der Waals surface area contributed by atoms with Crippen LogP contribution in [-0.2, 0) is 27.8 Å². The predicted octanol–water partition coefficient (Wildman–Crippen LogP) is 5.52. The highest BCUT2D eigenvalue weighted by Gasteiger charge is 2.41. The number of hydrogen-bond acceptors (Lipinski definition) is 8. The zero-order chi connectivity index (χ0) is 33.8. The lowest BCUT2D eigenvalue weighted by atomic mass is 9.97. The standard InChI is InChI=1S/C31H41Cl2N5O5S3/c1-19(2)15-37(46(42,43)26-14-27(32)45-29(26)33)17-25(39)24(13-22-9-7-6-8-10-22)35-30(40)28(20(3)4)38-12-11-36(31(38)41)16-23-18-44-21(5)34-23/h6-10,14,18-20,24-25,28,39H,11-13,15-17H2,1-5H3,(H,35,40)/t24-,25+,28?/m0/s1. The van der Waals surface area contributed by atoms with Crippen LogP contribution in [0.4, 0.5) is 4.79 Å². The Morgan fingerprint density at radius 3 is 2.39 bits per heavy atom. The zero-order valence-electron chi connectivity index (χ0n) is 26.5. The van der Waals surface area contributed by atoms with E-state index in [-0.39, 0.29) is 50.9 Å². The molecule has 10 nitrogen and oxygen atoms in total. The first kappa shape index (κ1) is 36.6. The van der Waals surface area contributed by atoms with Gasteiger partial charge in [0.05, 0.1) is 33.7 Å². The van der Waals surface area contributed by atoms with Crippen molar-refractivity contribution in [3.63, 3.8) is 0 Å². The van der Waals surface area contributed by atoms with Crippen molar-refractivity contribution in [1.82, 2.24) is 24.4 Å². The van der Waals surface area contributed by atoms with E-state index in [1.807, 2.05) is 70.3 Å². The molecule has 15 heteroatoms. The highest BCUT2D eigenvalue weighted by molar-refractivity contribution is 7.89. The van der Waals surface area contributed by atoms with Crippen molar-refractivity contribution in [3.05, 3.63) is 66.7 Å². The number of thiazole rings is 1. The second-order valence-electron chi connectivity index (χ2n) is 12.2. The number of carbonyl (C=O) groups excluding carboxylic acids is 2. The molecule has 1 aliphatic heterocycles. The number of rotatable bonds is 15. The van der Waals surface area contributed by atoms with E-state index in [0.29, 0.717) is 19.6 Å². The third-order valence-electron chi connectivity index (χ3n) is 7.68. The van der Waals surface area contributed by atoms with Gasteiger partial charge in [0.1, 0.15) is 15.3 Å². The van der Waals surface area contributed by atoms with Crippen LogP contribution in [0.15, 0.2) is 46.7 Å². The quantitative estimate of drug-likeness (QED) is 0.213. The van der Waals surface area contributed by atoms with E-state index in [1.165, 1.54) is 21.7 Å². The molecule has 3 heterocycles. The number of amides is 3. The Morgan fingerprint density at radius 2 is 1.83 bits per heavy atom. The molecule has 252 valence electrons. The summed E-state index contributed by atoms with van der Waals surface area (Å²) in [6.45, 7) is 10.4. The first-order chi connectivity index (χ1) is 21.7. The molecule has 0 aliphatic carbocycles. The number of urea groups is 1. The van der Waals surface area contributed by atoms with Gasteiger partial charge in [-0.1, -0.05) is 81.2 Å². The number of aryl methyl sites for hydroxylation is 1. The molecule has 0 bridgehead atoms. The molecule has 4 rings (SSSR count). The van der Waals surface area contributed by atoms with Gasteiger partial charge < -0.3 is 20.2 Å². The number of aliphatic hydroxyl groups is 1.